The largest absolute Gasteiger partial charge is 0.493 e. The van der Waals surface area contributed by atoms with Gasteiger partial charge in [0.15, 0.2) is 11.5 Å². The molecule has 0 spiro atoms. The topological polar surface area (TPSA) is 60.0 Å². The van der Waals surface area contributed by atoms with Crippen LogP contribution in [0.3, 0.4) is 0 Å². The van der Waals surface area contributed by atoms with E-state index in [4.69, 9.17) is 14.2 Å². The molecule has 1 aromatic carbocycles. The van der Waals surface area contributed by atoms with Gasteiger partial charge in [0.25, 0.3) is 5.91 Å². The number of carbonyl (C=O) groups is 1. The summed E-state index contributed by atoms with van der Waals surface area (Å²) in [6.07, 6.45) is 2.16. The van der Waals surface area contributed by atoms with Crippen LogP contribution < -0.4 is 19.5 Å². The van der Waals surface area contributed by atoms with E-state index in [1.807, 2.05) is 4.90 Å². The van der Waals surface area contributed by atoms with Gasteiger partial charge in [-0.2, -0.15) is 0 Å². The molecule has 2 heterocycles. The smallest absolute Gasteiger partial charge is 0.254 e. The monoisotopic (exact) mass is 320 g/mol. The van der Waals surface area contributed by atoms with Crippen molar-refractivity contribution in [3.8, 4) is 17.2 Å². The first-order valence-electron chi connectivity index (χ1n) is 8.00. The van der Waals surface area contributed by atoms with Crippen LogP contribution >= 0.6 is 0 Å². The lowest BCUT2D eigenvalue weighted by Gasteiger charge is -2.35. The van der Waals surface area contributed by atoms with Gasteiger partial charge >= 0.3 is 0 Å². The van der Waals surface area contributed by atoms with Crippen LogP contribution in [-0.2, 0) is 0 Å². The summed E-state index contributed by atoms with van der Waals surface area (Å²) < 4.78 is 16.0. The number of nitrogens with one attached hydrogen (secondary N) is 1. The Hall–Kier alpha value is -1.95. The maximum Gasteiger partial charge on any atom is 0.254 e. The fraction of sp³-hybridized carbons (Fsp3) is 0.588. The van der Waals surface area contributed by atoms with Crippen LogP contribution in [0.15, 0.2) is 12.1 Å². The van der Waals surface area contributed by atoms with Crippen molar-refractivity contribution < 1.29 is 19.0 Å². The fourth-order valence-electron chi connectivity index (χ4n) is 3.62. The molecule has 23 heavy (non-hydrogen) atoms. The molecule has 3 rings (SSSR count). The van der Waals surface area contributed by atoms with Crippen molar-refractivity contribution in [1.82, 2.24) is 10.2 Å². The molecule has 126 valence electrons. The van der Waals surface area contributed by atoms with Gasteiger partial charge in [0.05, 0.1) is 21.3 Å². The number of hydrogen-bond acceptors (Lipinski definition) is 5. The van der Waals surface area contributed by atoms with Crippen LogP contribution in [0.1, 0.15) is 23.2 Å². The molecule has 6 heteroatoms. The number of likely N-dealkylation sites (tertiary alicyclic amines) is 1. The van der Waals surface area contributed by atoms with Gasteiger partial charge < -0.3 is 24.4 Å². The molecule has 2 aliphatic heterocycles. The van der Waals surface area contributed by atoms with Gasteiger partial charge in [0.2, 0.25) is 5.75 Å². The second-order valence-electron chi connectivity index (χ2n) is 6.06. The summed E-state index contributed by atoms with van der Waals surface area (Å²) in [5.74, 6) is 2.11. The normalized spacial score (nSPS) is 23.3. The molecule has 2 unspecified atom stereocenters. The molecule has 2 atom stereocenters. The molecule has 6 nitrogen and oxygen atoms in total. The molecule has 2 fully saturated rings. The Morgan fingerprint density at radius 1 is 1.13 bits per heavy atom. The van der Waals surface area contributed by atoms with Crippen LogP contribution in [0.5, 0.6) is 17.2 Å². The number of amides is 1. The van der Waals surface area contributed by atoms with E-state index in [1.54, 1.807) is 33.5 Å². The first-order chi connectivity index (χ1) is 11.2. The predicted octanol–water partition coefficient (Wildman–Crippen LogP) is 1.54. The molecule has 0 saturated carbocycles. The van der Waals surface area contributed by atoms with Crippen molar-refractivity contribution in [1.29, 1.82) is 0 Å². The van der Waals surface area contributed by atoms with E-state index >= 15 is 0 Å². The lowest BCUT2D eigenvalue weighted by Crippen LogP contribution is -2.46. The number of nitrogens with zero attached hydrogens (tertiary/aromatic N) is 1. The zero-order valence-corrected chi connectivity index (χ0v) is 13.9. The van der Waals surface area contributed by atoms with E-state index < -0.39 is 0 Å². The van der Waals surface area contributed by atoms with Crippen LogP contribution in [0, 0.1) is 5.92 Å². The minimum absolute atomic E-state index is 0.0228. The number of methoxy groups -OCH3 is 3. The summed E-state index contributed by atoms with van der Waals surface area (Å²) >= 11 is 0. The first-order valence-corrected chi connectivity index (χ1v) is 8.00. The number of piperidine rings is 1. The Bertz CT molecular complexity index is 565. The molecular weight excluding hydrogens is 296 g/mol. The van der Waals surface area contributed by atoms with Crippen molar-refractivity contribution in [3.05, 3.63) is 17.7 Å². The number of ether oxygens (including phenoxy) is 3. The average Bonchev–Trinajstić information content (AvgIpc) is 3.07. The summed E-state index contributed by atoms with van der Waals surface area (Å²) in [4.78, 5) is 14.8. The van der Waals surface area contributed by atoms with E-state index in [2.05, 4.69) is 5.32 Å². The first kappa shape index (κ1) is 15.9. The van der Waals surface area contributed by atoms with Crippen molar-refractivity contribution in [2.75, 3.05) is 41.0 Å². The van der Waals surface area contributed by atoms with E-state index in [0.29, 0.717) is 34.8 Å². The van der Waals surface area contributed by atoms with Crippen molar-refractivity contribution in [2.45, 2.75) is 18.9 Å². The van der Waals surface area contributed by atoms with Gasteiger partial charge in [-0.3, -0.25) is 4.79 Å². The Balaban J connectivity index is 1.84. The second kappa shape index (κ2) is 6.66. The number of rotatable bonds is 4. The predicted molar refractivity (Wildman–Crippen MR) is 86.5 cm³/mol. The molecule has 0 bridgehead atoms. The van der Waals surface area contributed by atoms with Gasteiger partial charge in [0, 0.05) is 24.7 Å². The highest BCUT2D eigenvalue weighted by atomic mass is 16.5. The summed E-state index contributed by atoms with van der Waals surface area (Å²) in [7, 11) is 4.67. The number of carbonyl (C=O) groups excluding carboxylic acids is 1. The highest BCUT2D eigenvalue weighted by Crippen LogP contribution is 2.38. The molecule has 1 aromatic rings. The van der Waals surface area contributed by atoms with Gasteiger partial charge in [-0.05, 0) is 37.4 Å². The summed E-state index contributed by atoms with van der Waals surface area (Å²) in [5, 5.41) is 3.51. The lowest BCUT2D eigenvalue weighted by atomic mass is 9.93. The zero-order chi connectivity index (χ0) is 16.4. The minimum atomic E-state index is 0.0228. The Kier molecular flexibility index (Phi) is 4.61. The second-order valence-corrected chi connectivity index (χ2v) is 6.06. The molecular formula is C17H24N2O4. The highest BCUT2D eigenvalue weighted by Gasteiger charge is 2.35. The number of fused-ring (bicyclic) bond motifs is 1. The fourth-order valence-corrected chi connectivity index (χ4v) is 3.62. The van der Waals surface area contributed by atoms with E-state index in [-0.39, 0.29) is 5.91 Å². The third kappa shape index (κ3) is 2.95. The maximum absolute atomic E-state index is 12.9. The molecule has 0 aliphatic carbocycles. The van der Waals surface area contributed by atoms with Crippen molar-refractivity contribution >= 4 is 5.91 Å². The van der Waals surface area contributed by atoms with Crippen LogP contribution in [0.2, 0.25) is 0 Å². The van der Waals surface area contributed by atoms with Gasteiger partial charge in [0.1, 0.15) is 0 Å². The average molecular weight is 320 g/mol. The van der Waals surface area contributed by atoms with Gasteiger partial charge in [-0.25, -0.2) is 0 Å². The third-order valence-electron chi connectivity index (χ3n) is 4.85. The quantitative estimate of drug-likeness (QED) is 0.912. The van der Waals surface area contributed by atoms with Gasteiger partial charge in [-0.1, -0.05) is 0 Å². The maximum atomic E-state index is 12.9. The molecule has 2 aliphatic rings. The standard InChI is InChI=1S/C17H24N2O4/c1-21-14-8-12(9-15(22-2)16(14)23-3)17(20)19-7-5-13-11(10-19)4-6-18-13/h8-9,11,13,18H,4-7,10H2,1-3H3. The van der Waals surface area contributed by atoms with Gasteiger partial charge in [-0.15, -0.1) is 0 Å². The molecule has 2 saturated heterocycles. The third-order valence-corrected chi connectivity index (χ3v) is 4.85. The van der Waals surface area contributed by atoms with Crippen LogP contribution in [-0.4, -0.2) is 57.8 Å². The summed E-state index contributed by atoms with van der Waals surface area (Å²) in [6.45, 7) is 2.65. The molecule has 1 N–H and O–H groups in total. The Labute approximate surface area is 136 Å². The SMILES string of the molecule is COc1cc(C(=O)N2CCC3NCCC3C2)cc(OC)c1OC. The van der Waals surface area contributed by atoms with E-state index in [1.165, 1.54) is 0 Å². The molecule has 0 radical (unpaired) electrons. The van der Waals surface area contributed by atoms with Crippen molar-refractivity contribution in [2.24, 2.45) is 5.92 Å². The zero-order valence-electron chi connectivity index (χ0n) is 13.9. The highest BCUT2D eigenvalue weighted by molar-refractivity contribution is 5.95. The van der Waals surface area contributed by atoms with E-state index in [0.717, 1.165) is 32.5 Å². The van der Waals surface area contributed by atoms with Crippen molar-refractivity contribution in [3.63, 3.8) is 0 Å². The number of hydrogen-bond donors (Lipinski definition) is 1. The van der Waals surface area contributed by atoms with Crippen LogP contribution in [0.4, 0.5) is 0 Å². The van der Waals surface area contributed by atoms with Crippen LogP contribution in [0.25, 0.3) is 0 Å². The Morgan fingerprint density at radius 3 is 2.43 bits per heavy atom. The Morgan fingerprint density at radius 2 is 1.83 bits per heavy atom. The molecule has 0 aromatic heterocycles. The molecule has 1 amide bonds. The minimum Gasteiger partial charge on any atom is -0.493 e. The summed E-state index contributed by atoms with van der Waals surface area (Å²) in [5.41, 5.74) is 0.573. The van der Waals surface area contributed by atoms with E-state index in [9.17, 15) is 4.79 Å². The summed E-state index contributed by atoms with van der Waals surface area (Å²) in [6, 6.07) is 4.02. The lowest BCUT2D eigenvalue weighted by molar-refractivity contribution is 0.0661. The number of benzene rings is 1.